The fourth-order valence-corrected chi connectivity index (χ4v) is 3.91. The van der Waals surface area contributed by atoms with Crippen molar-refractivity contribution in [3.63, 3.8) is 0 Å². The highest BCUT2D eigenvalue weighted by Gasteiger charge is 2.31. The first-order valence-corrected chi connectivity index (χ1v) is 9.40. The zero-order chi connectivity index (χ0) is 20.1. The van der Waals surface area contributed by atoms with Crippen LogP contribution in [0.1, 0.15) is 30.0 Å². The quantitative estimate of drug-likeness (QED) is 0.785. The lowest BCUT2D eigenvalue weighted by molar-refractivity contribution is -0.143. The van der Waals surface area contributed by atoms with Gasteiger partial charge in [-0.25, -0.2) is 0 Å². The second-order valence-corrected chi connectivity index (χ2v) is 6.92. The Bertz CT molecular complexity index is 775. The van der Waals surface area contributed by atoms with Crippen molar-refractivity contribution in [1.29, 1.82) is 0 Å². The van der Waals surface area contributed by atoms with Crippen LogP contribution in [-0.2, 0) is 4.79 Å². The highest BCUT2D eigenvalue weighted by atomic mass is 16.5. The summed E-state index contributed by atoms with van der Waals surface area (Å²) in [5, 5.41) is 9.33. The first-order valence-electron chi connectivity index (χ1n) is 9.40. The molecule has 150 valence electrons. The maximum absolute atomic E-state index is 11.3. The third-order valence-corrected chi connectivity index (χ3v) is 5.36. The first kappa shape index (κ1) is 20.0. The van der Waals surface area contributed by atoms with Gasteiger partial charge in [-0.1, -0.05) is 30.3 Å². The van der Waals surface area contributed by atoms with Gasteiger partial charge in [-0.15, -0.1) is 0 Å². The minimum Gasteiger partial charge on any atom is -0.493 e. The number of benzene rings is 2. The van der Waals surface area contributed by atoms with Crippen molar-refractivity contribution in [3.05, 3.63) is 53.6 Å². The van der Waals surface area contributed by atoms with Crippen molar-refractivity contribution in [3.8, 4) is 17.2 Å². The molecule has 3 rings (SSSR count). The van der Waals surface area contributed by atoms with Gasteiger partial charge in [0.1, 0.15) is 0 Å². The lowest BCUT2D eigenvalue weighted by Gasteiger charge is -2.37. The lowest BCUT2D eigenvalue weighted by Crippen LogP contribution is -2.39. The van der Waals surface area contributed by atoms with Crippen molar-refractivity contribution in [2.45, 2.75) is 18.9 Å². The molecule has 0 spiro atoms. The summed E-state index contributed by atoms with van der Waals surface area (Å²) in [4.78, 5) is 13.7. The SMILES string of the molecule is COc1cc(C(c2ccccc2)N2CCC(C(=O)O)CC2)cc(OC)c1OC. The molecule has 0 aliphatic carbocycles. The van der Waals surface area contributed by atoms with Gasteiger partial charge in [0, 0.05) is 0 Å². The molecule has 0 aromatic heterocycles. The van der Waals surface area contributed by atoms with E-state index in [0.717, 1.165) is 11.1 Å². The van der Waals surface area contributed by atoms with Crippen LogP contribution in [0.15, 0.2) is 42.5 Å². The first-order chi connectivity index (χ1) is 13.6. The summed E-state index contributed by atoms with van der Waals surface area (Å²) in [7, 11) is 4.80. The number of likely N-dealkylation sites (tertiary alicyclic amines) is 1. The zero-order valence-electron chi connectivity index (χ0n) is 16.6. The van der Waals surface area contributed by atoms with Crippen molar-refractivity contribution in [1.82, 2.24) is 4.90 Å². The summed E-state index contributed by atoms with van der Waals surface area (Å²) in [6, 6.07) is 14.1. The van der Waals surface area contributed by atoms with E-state index in [1.54, 1.807) is 21.3 Å². The molecular weight excluding hydrogens is 358 g/mol. The van der Waals surface area contributed by atoms with Gasteiger partial charge in [-0.2, -0.15) is 0 Å². The molecule has 1 aliphatic heterocycles. The van der Waals surface area contributed by atoms with Crippen LogP contribution >= 0.6 is 0 Å². The summed E-state index contributed by atoms with van der Waals surface area (Å²) in [6.07, 6.45) is 1.28. The molecule has 28 heavy (non-hydrogen) atoms. The molecule has 1 fully saturated rings. The van der Waals surface area contributed by atoms with Gasteiger partial charge in [0.05, 0.1) is 33.3 Å². The minimum atomic E-state index is -0.705. The molecule has 1 atom stereocenters. The van der Waals surface area contributed by atoms with E-state index in [0.29, 0.717) is 43.2 Å². The lowest BCUT2D eigenvalue weighted by atomic mass is 9.91. The van der Waals surface area contributed by atoms with Crippen LogP contribution < -0.4 is 14.2 Å². The number of piperidine rings is 1. The molecule has 2 aromatic carbocycles. The van der Waals surface area contributed by atoms with Gasteiger partial charge in [-0.05, 0) is 49.2 Å². The predicted octanol–water partition coefficient (Wildman–Crippen LogP) is 3.60. The minimum absolute atomic E-state index is 0.0235. The van der Waals surface area contributed by atoms with E-state index in [-0.39, 0.29) is 12.0 Å². The van der Waals surface area contributed by atoms with E-state index in [9.17, 15) is 9.90 Å². The Balaban J connectivity index is 2.02. The average molecular weight is 385 g/mol. The molecule has 6 nitrogen and oxygen atoms in total. The average Bonchev–Trinajstić information content (AvgIpc) is 2.74. The molecule has 0 amide bonds. The van der Waals surface area contributed by atoms with Crippen molar-refractivity contribution < 1.29 is 24.1 Å². The Labute approximate surface area is 165 Å². The van der Waals surface area contributed by atoms with Gasteiger partial charge in [0.25, 0.3) is 0 Å². The van der Waals surface area contributed by atoms with E-state index in [1.807, 2.05) is 30.3 Å². The molecule has 6 heteroatoms. The van der Waals surface area contributed by atoms with Crippen molar-refractivity contribution >= 4 is 5.97 Å². The predicted molar refractivity (Wildman–Crippen MR) is 106 cm³/mol. The highest BCUT2D eigenvalue weighted by molar-refractivity contribution is 5.70. The van der Waals surface area contributed by atoms with E-state index < -0.39 is 5.97 Å². The summed E-state index contributed by atoms with van der Waals surface area (Å²) in [5.74, 6) is 0.804. The van der Waals surface area contributed by atoms with Gasteiger partial charge in [-0.3, -0.25) is 9.69 Å². The normalized spacial score (nSPS) is 16.4. The van der Waals surface area contributed by atoms with Crippen LogP contribution in [0.25, 0.3) is 0 Å². The molecule has 1 aliphatic rings. The topological polar surface area (TPSA) is 68.2 Å². The van der Waals surface area contributed by atoms with Crippen molar-refractivity contribution in [2.24, 2.45) is 5.92 Å². The van der Waals surface area contributed by atoms with E-state index in [1.165, 1.54) is 0 Å². The maximum atomic E-state index is 11.3. The van der Waals surface area contributed by atoms with E-state index in [2.05, 4.69) is 17.0 Å². The Kier molecular flexibility index (Phi) is 6.41. The number of nitrogens with zero attached hydrogens (tertiary/aromatic N) is 1. The fraction of sp³-hybridized carbons (Fsp3) is 0.409. The molecule has 2 aromatic rings. The number of hydrogen-bond acceptors (Lipinski definition) is 5. The van der Waals surface area contributed by atoms with E-state index in [4.69, 9.17) is 14.2 Å². The number of carboxylic acids is 1. The monoisotopic (exact) mass is 385 g/mol. The van der Waals surface area contributed by atoms with Gasteiger partial charge < -0.3 is 19.3 Å². The number of methoxy groups -OCH3 is 3. The zero-order valence-corrected chi connectivity index (χ0v) is 16.6. The number of ether oxygens (including phenoxy) is 3. The number of aliphatic carboxylic acids is 1. The highest BCUT2D eigenvalue weighted by Crippen LogP contribution is 2.42. The van der Waals surface area contributed by atoms with Gasteiger partial charge >= 0.3 is 5.97 Å². The second kappa shape index (κ2) is 8.97. The number of carbonyl (C=O) groups is 1. The third kappa shape index (κ3) is 4.07. The standard InChI is InChI=1S/C22H27NO5/c1-26-18-13-17(14-19(27-2)21(18)28-3)20(15-7-5-4-6-8-15)23-11-9-16(10-12-23)22(24)25/h4-8,13-14,16,20H,9-12H2,1-3H3,(H,24,25). The molecule has 0 radical (unpaired) electrons. The summed E-state index contributed by atoms with van der Waals surface area (Å²) in [5.41, 5.74) is 2.17. The molecule has 1 heterocycles. The Morgan fingerprint density at radius 2 is 1.54 bits per heavy atom. The molecule has 1 unspecified atom stereocenters. The van der Waals surface area contributed by atoms with Crippen molar-refractivity contribution in [2.75, 3.05) is 34.4 Å². The Hall–Kier alpha value is -2.73. The number of carboxylic acid groups (broad SMARTS) is 1. The summed E-state index contributed by atoms with van der Waals surface area (Å²) in [6.45, 7) is 1.43. The fourth-order valence-electron chi connectivity index (χ4n) is 3.91. The number of hydrogen-bond donors (Lipinski definition) is 1. The summed E-state index contributed by atoms with van der Waals surface area (Å²) >= 11 is 0. The van der Waals surface area contributed by atoms with Crippen LogP contribution in [-0.4, -0.2) is 50.4 Å². The molecule has 1 N–H and O–H groups in total. The molecule has 0 bridgehead atoms. The molecule has 0 saturated carbocycles. The Morgan fingerprint density at radius 1 is 0.964 bits per heavy atom. The van der Waals surface area contributed by atoms with Crippen LogP contribution in [0, 0.1) is 5.92 Å². The number of rotatable bonds is 7. The van der Waals surface area contributed by atoms with Crippen LogP contribution in [0.2, 0.25) is 0 Å². The van der Waals surface area contributed by atoms with Gasteiger partial charge in [0.15, 0.2) is 11.5 Å². The third-order valence-electron chi connectivity index (χ3n) is 5.36. The molecule has 1 saturated heterocycles. The summed E-state index contributed by atoms with van der Waals surface area (Å²) < 4.78 is 16.5. The molecular formula is C22H27NO5. The van der Waals surface area contributed by atoms with Crippen LogP contribution in [0.5, 0.6) is 17.2 Å². The smallest absolute Gasteiger partial charge is 0.306 e. The van der Waals surface area contributed by atoms with Crippen LogP contribution in [0.4, 0.5) is 0 Å². The maximum Gasteiger partial charge on any atom is 0.306 e. The second-order valence-electron chi connectivity index (χ2n) is 6.92. The van der Waals surface area contributed by atoms with Crippen LogP contribution in [0.3, 0.4) is 0 Å². The Morgan fingerprint density at radius 3 is 2.00 bits per heavy atom. The largest absolute Gasteiger partial charge is 0.493 e. The van der Waals surface area contributed by atoms with E-state index >= 15 is 0 Å². The van der Waals surface area contributed by atoms with Gasteiger partial charge in [0.2, 0.25) is 5.75 Å².